The van der Waals surface area contributed by atoms with Crippen molar-refractivity contribution in [3.63, 3.8) is 0 Å². The Kier molecular flexibility index (Phi) is 16.8. The molecule has 11 nitrogen and oxygen atoms in total. The fourth-order valence-electron chi connectivity index (χ4n) is 6.82. The molecule has 3 rings (SSSR count). The molecule has 1 amide bonds. The SMILES string of the molecule is CC[C@H]1OC(=O)CC[C@H](C)[C@@H](O[C@@H]2O[C@H](C)C[C@H](N(C)C)[C@H]2O)[C@@H](CC=O)C[C@@H](C)C(=O)/C=C/C(C)=C/[C@@H]1COC(=O)NCc1ccccc1. The number of allylic oxidation sites excluding steroid dienone is 3. The lowest BCUT2D eigenvalue weighted by atomic mass is 9.80. The van der Waals surface area contributed by atoms with E-state index in [1.165, 1.54) is 6.08 Å². The fraction of sp³-hybridized carbons (Fsp3) is 0.641. The molecule has 50 heavy (non-hydrogen) atoms. The Morgan fingerprint density at radius 1 is 1.10 bits per heavy atom. The Balaban J connectivity index is 1.84. The third-order valence-corrected chi connectivity index (χ3v) is 9.77. The molecule has 10 atom stereocenters. The van der Waals surface area contributed by atoms with Crippen molar-refractivity contribution < 1.29 is 43.2 Å². The number of benzene rings is 1. The number of hydrogen-bond acceptors (Lipinski definition) is 10. The van der Waals surface area contributed by atoms with Gasteiger partial charge in [0.1, 0.15) is 25.1 Å². The van der Waals surface area contributed by atoms with Crippen LogP contribution in [0.4, 0.5) is 4.79 Å². The van der Waals surface area contributed by atoms with Crippen molar-refractivity contribution in [2.24, 2.45) is 23.7 Å². The Morgan fingerprint density at radius 3 is 2.48 bits per heavy atom. The summed E-state index contributed by atoms with van der Waals surface area (Å²) in [4.78, 5) is 53.2. The highest BCUT2D eigenvalue weighted by Gasteiger charge is 2.42. The van der Waals surface area contributed by atoms with E-state index >= 15 is 0 Å². The van der Waals surface area contributed by atoms with Gasteiger partial charge in [0.15, 0.2) is 12.1 Å². The lowest BCUT2D eigenvalue weighted by molar-refractivity contribution is -0.280. The molecular weight excluding hydrogens is 640 g/mol. The summed E-state index contributed by atoms with van der Waals surface area (Å²) >= 11 is 0. The number of ether oxygens (including phenoxy) is 4. The van der Waals surface area contributed by atoms with Gasteiger partial charge in [-0.3, -0.25) is 9.59 Å². The number of nitrogens with zero attached hydrogens (tertiary/aromatic N) is 1. The summed E-state index contributed by atoms with van der Waals surface area (Å²) in [5.41, 5.74) is 1.68. The van der Waals surface area contributed by atoms with Crippen LogP contribution in [0.3, 0.4) is 0 Å². The van der Waals surface area contributed by atoms with Gasteiger partial charge in [-0.1, -0.05) is 68.8 Å². The molecule has 0 bridgehead atoms. The Morgan fingerprint density at radius 2 is 1.82 bits per heavy atom. The Labute approximate surface area is 297 Å². The average molecular weight is 699 g/mol. The molecule has 2 aliphatic rings. The lowest BCUT2D eigenvalue weighted by Gasteiger charge is -2.44. The third-order valence-electron chi connectivity index (χ3n) is 9.77. The Hall–Kier alpha value is -3.38. The average Bonchev–Trinajstić information content (AvgIpc) is 3.09. The highest BCUT2D eigenvalue weighted by atomic mass is 16.7. The maximum atomic E-state index is 13.4. The molecule has 2 aliphatic heterocycles. The van der Waals surface area contributed by atoms with Crippen LogP contribution < -0.4 is 5.32 Å². The lowest BCUT2D eigenvalue weighted by Crippen LogP contribution is -2.55. The monoisotopic (exact) mass is 698 g/mol. The summed E-state index contributed by atoms with van der Waals surface area (Å²) in [7, 11) is 3.80. The molecule has 1 saturated heterocycles. The molecule has 11 heteroatoms. The van der Waals surface area contributed by atoms with Gasteiger partial charge in [0.2, 0.25) is 0 Å². The minimum atomic E-state index is -0.945. The second-order valence-electron chi connectivity index (χ2n) is 14.2. The second-order valence-corrected chi connectivity index (χ2v) is 14.2. The molecule has 278 valence electrons. The maximum absolute atomic E-state index is 13.4. The van der Waals surface area contributed by atoms with Crippen LogP contribution in [0.2, 0.25) is 0 Å². The van der Waals surface area contributed by atoms with Crippen molar-refractivity contribution in [1.82, 2.24) is 10.2 Å². The minimum Gasteiger partial charge on any atom is -0.462 e. The Bertz CT molecular complexity index is 1300. The summed E-state index contributed by atoms with van der Waals surface area (Å²) in [5.74, 6) is -2.01. The van der Waals surface area contributed by atoms with Crippen LogP contribution in [0.15, 0.2) is 54.1 Å². The standard InChI is InChI=1S/C39H58N2O9/c1-8-34-31(24-47-39(46)40-23-29-12-10-9-11-13-29)20-25(2)14-16-33(43)27(4)21-30(18-19-42)37(26(3)15-17-35(44)49-34)50-38-36(45)32(41(6)7)22-28(5)48-38/h9-14,16,19-20,26-28,30-32,34,36-38,45H,8,15,17-18,21-24H2,1-7H3,(H,40,46)/b16-14+,25-20+/t26-,27+,28+,30-,31+,32-,34+,36+,37+,38-/m0/s1. The number of ketones is 1. The topological polar surface area (TPSA) is 141 Å². The zero-order valence-corrected chi connectivity index (χ0v) is 30.8. The van der Waals surface area contributed by atoms with E-state index in [2.05, 4.69) is 5.32 Å². The van der Waals surface area contributed by atoms with Gasteiger partial charge in [0.05, 0.1) is 12.2 Å². The fourth-order valence-corrected chi connectivity index (χ4v) is 6.82. The van der Waals surface area contributed by atoms with E-state index < -0.39 is 48.5 Å². The second kappa shape index (κ2) is 20.5. The zero-order chi connectivity index (χ0) is 36.8. The first-order valence-corrected chi connectivity index (χ1v) is 18.0. The number of likely N-dealkylation sites (N-methyl/N-ethyl adjacent to an activating group) is 1. The van der Waals surface area contributed by atoms with Gasteiger partial charge in [0.25, 0.3) is 0 Å². The first-order valence-electron chi connectivity index (χ1n) is 18.0. The number of carbonyl (C=O) groups is 4. The van der Waals surface area contributed by atoms with Crippen LogP contribution in [-0.2, 0) is 39.9 Å². The van der Waals surface area contributed by atoms with E-state index in [-0.39, 0.29) is 49.2 Å². The highest BCUT2D eigenvalue weighted by Crippen LogP contribution is 2.34. The smallest absolute Gasteiger partial charge is 0.407 e. The summed E-state index contributed by atoms with van der Waals surface area (Å²) in [6.07, 6.45) is 4.20. The van der Waals surface area contributed by atoms with Crippen molar-refractivity contribution in [2.75, 3.05) is 20.7 Å². The maximum Gasteiger partial charge on any atom is 0.407 e. The summed E-state index contributed by atoms with van der Waals surface area (Å²) in [6.45, 7) is 9.73. The van der Waals surface area contributed by atoms with Gasteiger partial charge in [-0.05, 0) is 77.1 Å². The van der Waals surface area contributed by atoms with Crippen molar-refractivity contribution in [1.29, 1.82) is 0 Å². The number of esters is 1. The van der Waals surface area contributed by atoms with Crippen molar-refractivity contribution >= 4 is 24.1 Å². The number of rotatable bonds is 10. The number of aldehydes is 1. The minimum absolute atomic E-state index is 0.0300. The van der Waals surface area contributed by atoms with E-state index in [1.54, 1.807) is 6.08 Å². The number of amides is 1. The van der Waals surface area contributed by atoms with Crippen LogP contribution in [-0.4, -0.2) is 91.6 Å². The summed E-state index contributed by atoms with van der Waals surface area (Å²) < 4.78 is 24.2. The highest BCUT2D eigenvalue weighted by molar-refractivity contribution is 5.91. The summed E-state index contributed by atoms with van der Waals surface area (Å²) in [5, 5.41) is 14.0. The molecule has 0 spiro atoms. The molecule has 1 aromatic carbocycles. The number of cyclic esters (lactones) is 1. The number of alkyl carbamates (subject to hydrolysis) is 1. The quantitative estimate of drug-likeness (QED) is 0.241. The van der Waals surface area contributed by atoms with Gasteiger partial charge >= 0.3 is 12.1 Å². The van der Waals surface area contributed by atoms with Gasteiger partial charge < -0.3 is 39.1 Å². The molecule has 1 aromatic rings. The van der Waals surface area contributed by atoms with Crippen molar-refractivity contribution in [3.8, 4) is 0 Å². The molecule has 2 heterocycles. The number of aliphatic hydroxyl groups is 1. The predicted octanol–water partition coefficient (Wildman–Crippen LogP) is 5.39. The number of hydrogen-bond donors (Lipinski definition) is 2. The normalized spacial score (nSPS) is 33.5. The van der Waals surface area contributed by atoms with Crippen LogP contribution in [0.1, 0.15) is 78.7 Å². The van der Waals surface area contributed by atoms with E-state index in [0.29, 0.717) is 32.2 Å². The first-order chi connectivity index (χ1) is 23.8. The van der Waals surface area contributed by atoms with Crippen molar-refractivity contribution in [3.05, 3.63) is 59.7 Å². The number of aliphatic hydroxyl groups excluding tert-OH is 1. The van der Waals surface area contributed by atoms with E-state index in [9.17, 15) is 24.3 Å². The van der Waals surface area contributed by atoms with Gasteiger partial charge in [-0.15, -0.1) is 0 Å². The molecule has 0 aromatic heterocycles. The van der Waals surface area contributed by atoms with Crippen LogP contribution in [0.25, 0.3) is 0 Å². The van der Waals surface area contributed by atoms with Crippen LogP contribution >= 0.6 is 0 Å². The molecule has 2 N–H and O–H groups in total. The zero-order valence-electron chi connectivity index (χ0n) is 30.8. The summed E-state index contributed by atoms with van der Waals surface area (Å²) in [6, 6.07) is 9.30. The van der Waals surface area contributed by atoms with Crippen LogP contribution in [0, 0.1) is 23.7 Å². The third kappa shape index (κ3) is 12.7. The molecule has 0 saturated carbocycles. The first kappa shape index (κ1) is 41.0. The predicted molar refractivity (Wildman–Crippen MR) is 190 cm³/mol. The molecule has 1 fully saturated rings. The number of nitrogens with one attached hydrogen (secondary N) is 1. The van der Waals surface area contributed by atoms with Gasteiger partial charge in [-0.2, -0.15) is 0 Å². The van der Waals surface area contributed by atoms with Crippen molar-refractivity contribution in [2.45, 2.75) is 116 Å². The molecular formula is C39H58N2O9. The number of carbonyl (C=O) groups excluding carboxylic acids is 4. The largest absolute Gasteiger partial charge is 0.462 e. The molecule has 0 aliphatic carbocycles. The van der Waals surface area contributed by atoms with E-state index in [1.807, 2.05) is 90.0 Å². The molecule has 0 radical (unpaired) electrons. The van der Waals surface area contributed by atoms with Crippen LogP contribution in [0.5, 0.6) is 0 Å². The van der Waals surface area contributed by atoms with Gasteiger partial charge in [-0.25, -0.2) is 4.79 Å². The molecule has 0 unspecified atom stereocenters. The van der Waals surface area contributed by atoms with E-state index in [4.69, 9.17) is 18.9 Å². The van der Waals surface area contributed by atoms with E-state index in [0.717, 1.165) is 17.4 Å². The van der Waals surface area contributed by atoms with Gasteiger partial charge in [0, 0.05) is 37.3 Å².